The maximum absolute atomic E-state index is 4.46. The van der Waals surface area contributed by atoms with E-state index in [1.807, 2.05) is 4.68 Å². The van der Waals surface area contributed by atoms with E-state index in [1.165, 1.54) is 27.8 Å². The van der Waals surface area contributed by atoms with Crippen LogP contribution in [0.25, 0.3) is 0 Å². The van der Waals surface area contributed by atoms with E-state index < -0.39 is 0 Å². The Kier molecular flexibility index (Phi) is 3.60. The predicted molar refractivity (Wildman–Crippen MR) is 96.2 cm³/mol. The van der Waals surface area contributed by atoms with Crippen LogP contribution in [0.4, 0.5) is 5.95 Å². The molecule has 0 fully saturated rings. The van der Waals surface area contributed by atoms with Gasteiger partial charge in [-0.3, -0.25) is 0 Å². The second-order valence-corrected chi connectivity index (χ2v) is 6.68. The molecular weight excluding hydrogens is 296 g/mol. The Balaban J connectivity index is 1.76. The normalized spacial score (nSPS) is 19.6. The third-order valence-corrected chi connectivity index (χ3v) is 5.11. The molecule has 4 nitrogen and oxygen atoms in total. The summed E-state index contributed by atoms with van der Waals surface area (Å²) < 4.78 is 2.01. The van der Waals surface area contributed by atoms with Gasteiger partial charge in [0.1, 0.15) is 6.33 Å². The van der Waals surface area contributed by atoms with Crippen molar-refractivity contribution in [1.82, 2.24) is 14.8 Å². The lowest BCUT2D eigenvalue weighted by atomic mass is 9.90. The van der Waals surface area contributed by atoms with Crippen LogP contribution in [0, 0.1) is 20.8 Å². The van der Waals surface area contributed by atoms with Crippen LogP contribution in [0.15, 0.2) is 48.8 Å². The number of nitrogens with zero attached hydrogens (tertiary/aromatic N) is 3. The smallest absolute Gasteiger partial charge is 0.222 e. The van der Waals surface area contributed by atoms with E-state index in [2.05, 4.69) is 78.6 Å². The van der Waals surface area contributed by atoms with Gasteiger partial charge in [0.25, 0.3) is 0 Å². The van der Waals surface area contributed by atoms with Crippen LogP contribution in [0.2, 0.25) is 0 Å². The van der Waals surface area contributed by atoms with Gasteiger partial charge >= 0.3 is 0 Å². The second kappa shape index (κ2) is 5.78. The fourth-order valence-electron chi connectivity index (χ4n) is 3.54. The van der Waals surface area contributed by atoms with Gasteiger partial charge in [0, 0.05) is 0 Å². The molecule has 0 spiro atoms. The van der Waals surface area contributed by atoms with E-state index in [4.69, 9.17) is 0 Å². The zero-order chi connectivity index (χ0) is 16.7. The van der Waals surface area contributed by atoms with Crippen LogP contribution in [0.3, 0.4) is 0 Å². The zero-order valence-electron chi connectivity index (χ0n) is 14.3. The summed E-state index contributed by atoms with van der Waals surface area (Å²) in [5.74, 6) is 0.845. The number of aromatic nitrogens is 3. The molecule has 0 saturated carbocycles. The first-order chi connectivity index (χ1) is 11.6. The van der Waals surface area contributed by atoms with Crippen LogP contribution in [0.5, 0.6) is 0 Å². The van der Waals surface area contributed by atoms with Gasteiger partial charge in [0.05, 0.1) is 12.1 Å². The second-order valence-electron chi connectivity index (χ2n) is 6.68. The molecule has 0 saturated heterocycles. The number of rotatable bonds is 2. The lowest BCUT2D eigenvalue weighted by Crippen LogP contribution is -2.28. The average molecular weight is 318 g/mol. The van der Waals surface area contributed by atoms with Crippen molar-refractivity contribution in [3.8, 4) is 0 Å². The Morgan fingerprint density at radius 3 is 2.62 bits per heavy atom. The molecule has 2 atom stereocenters. The maximum Gasteiger partial charge on any atom is 0.222 e. The summed E-state index contributed by atoms with van der Waals surface area (Å²) in [5, 5.41) is 8.01. The van der Waals surface area contributed by atoms with E-state index in [0.29, 0.717) is 0 Å². The fraction of sp³-hybridized carbons (Fsp3) is 0.300. The Morgan fingerprint density at radius 1 is 1.00 bits per heavy atom. The van der Waals surface area contributed by atoms with Crippen molar-refractivity contribution in [3.63, 3.8) is 0 Å². The molecule has 0 amide bonds. The first-order valence-corrected chi connectivity index (χ1v) is 8.42. The van der Waals surface area contributed by atoms with Crippen molar-refractivity contribution >= 4 is 5.95 Å². The number of hydrogen-bond acceptors (Lipinski definition) is 3. The van der Waals surface area contributed by atoms with Crippen LogP contribution in [-0.4, -0.2) is 14.8 Å². The molecule has 3 aromatic rings. The summed E-state index contributed by atoms with van der Waals surface area (Å²) in [6.45, 7) is 6.49. The van der Waals surface area contributed by atoms with E-state index >= 15 is 0 Å². The van der Waals surface area contributed by atoms with Gasteiger partial charge in [0.15, 0.2) is 0 Å². The number of benzene rings is 2. The van der Waals surface area contributed by atoms with Crippen molar-refractivity contribution in [1.29, 1.82) is 0 Å². The summed E-state index contributed by atoms with van der Waals surface area (Å²) in [5.41, 5.74) is 6.58. The third kappa shape index (κ3) is 2.48. The van der Waals surface area contributed by atoms with E-state index in [-0.39, 0.29) is 12.1 Å². The minimum absolute atomic E-state index is 0.205. The number of anilines is 1. The standard InChI is InChI=1S/C20H22N4/c1-13-8-9-16(10-15(13)3)18-11-19(17-7-5-4-6-14(17)2)24-20(23-18)21-12-22-24/h4-10,12,18-19H,11H2,1-3H3,(H,21,22,23)/t18-,19+/m1/s1. The van der Waals surface area contributed by atoms with E-state index in [0.717, 1.165) is 12.4 Å². The predicted octanol–water partition coefficient (Wildman–Crippen LogP) is 4.35. The van der Waals surface area contributed by atoms with Crippen molar-refractivity contribution in [2.45, 2.75) is 39.3 Å². The molecule has 0 aliphatic carbocycles. The summed E-state index contributed by atoms with van der Waals surface area (Å²) in [6, 6.07) is 15.7. The van der Waals surface area contributed by atoms with Crippen molar-refractivity contribution < 1.29 is 0 Å². The van der Waals surface area contributed by atoms with E-state index in [9.17, 15) is 0 Å². The Labute approximate surface area is 142 Å². The van der Waals surface area contributed by atoms with Crippen LogP contribution >= 0.6 is 0 Å². The first-order valence-electron chi connectivity index (χ1n) is 8.42. The highest BCUT2D eigenvalue weighted by Gasteiger charge is 2.30. The van der Waals surface area contributed by atoms with Gasteiger partial charge in [-0.1, -0.05) is 42.5 Å². The van der Waals surface area contributed by atoms with Gasteiger partial charge in [-0.15, -0.1) is 0 Å². The molecule has 2 heterocycles. The Bertz CT molecular complexity index is 881. The molecule has 24 heavy (non-hydrogen) atoms. The summed E-state index contributed by atoms with van der Waals surface area (Å²) in [6.07, 6.45) is 2.60. The quantitative estimate of drug-likeness (QED) is 0.764. The average Bonchev–Trinajstić information content (AvgIpc) is 3.05. The summed E-state index contributed by atoms with van der Waals surface area (Å²) >= 11 is 0. The molecule has 0 unspecified atom stereocenters. The minimum Gasteiger partial charge on any atom is -0.348 e. The highest BCUT2D eigenvalue weighted by Crippen LogP contribution is 2.38. The molecule has 4 rings (SSSR count). The van der Waals surface area contributed by atoms with Crippen molar-refractivity contribution in [3.05, 3.63) is 76.6 Å². The lowest BCUT2D eigenvalue weighted by Gasteiger charge is -2.32. The maximum atomic E-state index is 4.46. The molecule has 122 valence electrons. The fourth-order valence-corrected chi connectivity index (χ4v) is 3.54. The molecule has 0 bridgehead atoms. The van der Waals surface area contributed by atoms with Crippen molar-refractivity contribution in [2.75, 3.05) is 5.32 Å². The molecule has 2 aromatic carbocycles. The molecule has 0 radical (unpaired) electrons. The molecule has 1 N–H and O–H groups in total. The molecule has 4 heteroatoms. The van der Waals surface area contributed by atoms with Crippen LogP contribution in [0.1, 0.15) is 46.3 Å². The minimum atomic E-state index is 0.205. The first kappa shape index (κ1) is 14.9. The van der Waals surface area contributed by atoms with Gasteiger partial charge in [-0.2, -0.15) is 10.1 Å². The number of fused-ring (bicyclic) bond motifs is 1. The SMILES string of the molecule is Cc1ccc([C@H]2C[C@@H](c3ccccc3C)n3ncnc3N2)cc1C. The molecular formula is C20H22N4. The third-order valence-electron chi connectivity index (χ3n) is 5.11. The zero-order valence-corrected chi connectivity index (χ0v) is 14.3. The lowest BCUT2D eigenvalue weighted by molar-refractivity contribution is 0.429. The highest BCUT2D eigenvalue weighted by atomic mass is 15.4. The topological polar surface area (TPSA) is 42.7 Å². The van der Waals surface area contributed by atoms with Gasteiger partial charge in [0.2, 0.25) is 5.95 Å². The highest BCUT2D eigenvalue weighted by molar-refractivity contribution is 5.41. The van der Waals surface area contributed by atoms with Gasteiger partial charge in [-0.25, -0.2) is 4.68 Å². The monoisotopic (exact) mass is 318 g/mol. The van der Waals surface area contributed by atoms with E-state index in [1.54, 1.807) is 6.33 Å². The van der Waals surface area contributed by atoms with Gasteiger partial charge < -0.3 is 5.32 Å². The Hall–Kier alpha value is -2.62. The number of nitrogens with one attached hydrogen (secondary N) is 1. The number of aryl methyl sites for hydroxylation is 3. The van der Waals surface area contributed by atoms with Gasteiger partial charge in [-0.05, 0) is 55.0 Å². The summed E-state index contributed by atoms with van der Waals surface area (Å²) in [7, 11) is 0. The largest absolute Gasteiger partial charge is 0.348 e. The van der Waals surface area contributed by atoms with Crippen LogP contribution in [-0.2, 0) is 0 Å². The Morgan fingerprint density at radius 2 is 1.83 bits per heavy atom. The molecule has 1 aliphatic heterocycles. The number of hydrogen-bond donors (Lipinski definition) is 1. The van der Waals surface area contributed by atoms with Crippen LogP contribution < -0.4 is 5.32 Å². The molecule has 1 aromatic heterocycles. The van der Waals surface area contributed by atoms with Crippen molar-refractivity contribution in [2.24, 2.45) is 0 Å². The summed E-state index contributed by atoms with van der Waals surface area (Å²) in [4.78, 5) is 4.42. The molecule has 1 aliphatic rings.